The molecule has 0 amide bonds. The van der Waals surface area contributed by atoms with Crippen molar-refractivity contribution >= 4 is 5.97 Å². The average molecular weight is 166 g/mol. The number of hydrogen-bond acceptors (Lipinski definition) is 3. The van der Waals surface area contributed by atoms with Crippen molar-refractivity contribution in [2.75, 3.05) is 26.9 Å². The van der Waals surface area contributed by atoms with Gasteiger partial charge in [-0.3, -0.25) is 0 Å². The van der Waals surface area contributed by atoms with Gasteiger partial charge in [0.15, 0.2) is 0 Å². The Kier molecular flexibility index (Phi) is 18.5. The van der Waals surface area contributed by atoms with E-state index in [4.69, 9.17) is 5.11 Å². The Labute approximate surface area is 68.1 Å². The molecular weight excluding hydrogens is 148 g/mol. The zero-order valence-electron chi connectivity index (χ0n) is 5.29. The average Bonchev–Trinajstić information content (AvgIpc) is 1.80. The van der Waals surface area contributed by atoms with Crippen LogP contribution in [0.3, 0.4) is 0 Å². The van der Waals surface area contributed by atoms with Crippen molar-refractivity contribution in [1.29, 1.82) is 0 Å². The highest BCUT2D eigenvalue weighted by atomic mass is 16.5. The summed E-state index contributed by atoms with van der Waals surface area (Å²) >= 11 is 0. The summed E-state index contributed by atoms with van der Waals surface area (Å²) in [5, 5.41) is 8.05. The maximum atomic E-state index is 9.80. The van der Waals surface area contributed by atoms with Crippen LogP contribution >= 0.6 is 0 Å². The molecule has 0 aliphatic rings. The van der Waals surface area contributed by atoms with E-state index in [0.29, 0.717) is 13.2 Å². The van der Waals surface area contributed by atoms with Gasteiger partial charge in [0.25, 0.3) is 0 Å². The summed E-state index contributed by atoms with van der Waals surface area (Å²) in [6, 6.07) is 0. The lowest BCUT2D eigenvalue weighted by molar-refractivity contribution is -0.142. The minimum atomic E-state index is -0.953. The van der Waals surface area contributed by atoms with Gasteiger partial charge in [-0.1, -0.05) is 14.9 Å². The normalized spacial score (nSPS) is 7.73. The smallest absolute Gasteiger partial charge is 0.329 e. The van der Waals surface area contributed by atoms with Crippen molar-refractivity contribution in [2.24, 2.45) is 0 Å². The van der Waals surface area contributed by atoms with E-state index in [1.165, 1.54) is 7.11 Å². The number of carboxylic acids is 1. The van der Waals surface area contributed by atoms with Gasteiger partial charge in [0.2, 0.25) is 0 Å². The molecule has 0 radical (unpaired) electrons. The number of hydrogen-bond donors (Lipinski definition) is 1. The third-order valence-corrected chi connectivity index (χ3v) is 0.657. The molecular formula is C7H18O4. The summed E-state index contributed by atoms with van der Waals surface area (Å²) in [5.74, 6) is -0.953. The van der Waals surface area contributed by atoms with E-state index in [1.54, 1.807) is 0 Å². The van der Waals surface area contributed by atoms with Crippen LogP contribution in [0.15, 0.2) is 0 Å². The highest BCUT2D eigenvalue weighted by Crippen LogP contribution is 1.74. The third kappa shape index (κ3) is 17.7. The van der Waals surface area contributed by atoms with Crippen LogP contribution in [0.1, 0.15) is 14.9 Å². The summed E-state index contributed by atoms with van der Waals surface area (Å²) in [5.41, 5.74) is 0. The van der Waals surface area contributed by atoms with Crippen molar-refractivity contribution in [1.82, 2.24) is 0 Å². The molecule has 0 aromatic carbocycles. The Morgan fingerprint density at radius 2 is 1.91 bits per heavy atom. The van der Waals surface area contributed by atoms with Crippen LogP contribution in [-0.2, 0) is 14.3 Å². The maximum absolute atomic E-state index is 9.80. The summed E-state index contributed by atoms with van der Waals surface area (Å²) in [4.78, 5) is 9.80. The molecule has 4 heteroatoms. The SMILES string of the molecule is C.C.COCCOCC(=O)O. The van der Waals surface area contributed by atoms with Crippen LogP contribution in [0.4, 0.5) is 0 Å². The van der Waals surface area contributed by atoms with Crippen LogP contribution in [0, 0.1) is 0 Å². The molecule has 0 bridgehead atoms. The van der Waals surface area contributed by atoms with Gasteiger partial charge in [-0.05, 0) is 0 Å². The van der Waals surface area contributed by atoms with Gasteiger partial charge in [0, 0.05) is 7.11 Å². The van der Waals surface area contributed by atoms with Crippen molar-refractivity contribution < 1.29 is 19.4 Å². The number of ether oxygens (including phenoxy) is 2. The Morgan fingerprint density at radius 1 is 1.36 bits per heavy atom. The molecule has 0 aliphatic carbocycles. The molecule has 11 heavy (non-hydrogen) atoms. The second-order valence-corrected chi connectivity index (χ2v) is 1.44. The Hall–Kier alpha value is -0.610. The van der Waals surface area contributed by atoms with E-state index in [-0.39, 0.29) is 21.5 Å². The molecule has 4 nitrogen and oxygen atoms in total. The summed E-state index contributed by atoms with van der Waals surface area (Å²) in [6.45, 7) is 0.527. The van der Waals surface area contributed by atoms with E-state index >= 15 is 0 Å². The largest absolute Gasteiger partial charge is 0.480 e. The van der Waals surface area contributed by atoms with Crippen LogP contribution < -0.4 is 0 Å². The summed E-state index contributed by atoms with van der Waals surface area (Å²) in [7, 11) is 1.53. The predicted octanol–water partition coefficient (Wildman–Crippen LogP) is 1.01. The molecule has 0 saturated heterocycles. The number of aliphatic carboxylic acids is 1. The zero-order chi connectivity index (χ0) is 7.11. The Balaban J connectivity index is -0.000000320. The first kappa shape index (κ1) is 16.8. The topological polar surface area (TPSA) is 55.8 Å². The van der Waals surface area contributed by atoms with E-state index in [1.807, 2.05) is 0 Å². The van der Waals surface area contributed by atoms with Gasteiger partial charge < -0.3 is 14.6 Å². The van der Waals surface area contributed by atoms with Crippen molar-refractivity contribution in [3.63, 3.8) is 0 Å². The first-order valence-electron chi connectivity index (χ1n) is 2.56. The molecule has 0 aromatic heterocycles. The molecule has 0 heterocycles. The second-order valence-electron chi connectivity index (χ2n) is 1.44. The van der Waals surface area contributed by atoms with E-state index in [9.17, 15) is 4.79 Å². The van der Waals surface area contributed by atoms with Crippen LogP contribution in [0.2, 0.25) is 0 Å². The third-order valence-electron chi connectivity index (χ3n) is 0.657. The van der Waals surface area contributed by atoms with Gasteiger partial charge in [-0.2, -0.15) is 0 Å². The molecule has 70 valence electrons. The predicted molar refractivity (Wildman–Crippen MR) is 43.8 cm³/mol. The first-order chi connectivity index (χ1) is 4.27. The van der Waals surface area contributed by atoms with E-state index in [2.05, 4.69) is 9.47 Å². The quantitative estimate of drug-likeness (QED) is 0.619. The number of carboxylic acid groups (broad SMARTS) is 1. The van der Waals surface area contributed by atoms with Crippen molar-refractivity contribution in [3.05, 3.63) is 0 Å². The van der Waals surface area contributed by atoms with Gasteiger partial charge in [-0.25, -0.2) is 4.79 Å². The molecule has 1 N–H and O–H groups in total. The zero-order valence-corrected chi connectivity index (χ0v) is 5.29. The minimum absolute atomic E-state index is 0. The number of methoxy groups -OCH3 is 1. The molecule has 0 saturated carbocycles. The molecule has 0 aliphatic heterocycles. The molecule has 0 aromatic rings. The summed E-state index contributed by atoms with van der Waals surface area (Å²) < 4.78 is 9.22. The lowest BCUT2D eigenvalue weighted by atomic mass is 10.7. The summed E-state index contributed by atoms with van der Waals surface area (Å²) in [6.07, 6.45) is 0. The standard InChI is InChI=1S/C5H10O4.2CH4/c1-8-2-3-9-4-5(6)7;;/h2-4H2,1H3,(H,6,7);2*1H4. The lowest BCUT2D eigenvalue weighted by Crippen LogP contribution is -2.10. The van der Waals surface area contributed by atoms with Crippen LogP contribution in [0.5, 0.6) is 0 Å². The van der Waals surface area contributed by atoms with Gasteiger partial charge in [-0.15, -0.1) is 0 Å². The van der Waals surface area contributed by atoms with E-state index in [0.717, 1.165) is 0 Å². The molecule has 0 unspecified atom stereocenters. The van der Waals surface area contributed by atoms with Crippen LogP contribution in [-0.4, -0.2) is 38.0 Å². The van der Waals surface area contributed by atoms with Gasteiger partial charge >= 0.3 is 5.97 Å². The molecule has 0 atom stereocenters. The lowest BCUT2D eigenvalue weighted by Gasteiger charge is -1.97. The monoisotopic (exact) mass is 166 g/mol. The fraction of sp³-hybridized carbons (Fsp3) is 0.857. The minimum Gasteiger partial charge on any atom is -0.480 e. The Bertz CT molecular complexity index is 82.5. The van der Waals surface area contributed by atoms with Gasteiger partial charge in [0.05, 0.1) is 13.2 Å². The number of rotatable bonds is 5. The maximum Gasteiger partial charge on any atom is 0.329 e. The van der Waals surface area contributed by atoms with E-state index < -0.39 is 5.97 Å². The van der Waals surface area contributed by atoms with Crippen molar-refractivity contribution in [2.45, 2.75) is 14.9 Å². The highest BCUT2D eigenvalue weighted by molar-refractivity contribution is 5.67. The highest BCUT2D eigenvalue weighted by Gasteiger charge is 1.93. The fourth-order valence-electron chi connectivity index (χ4n) is 0.302. The Morgan fingerprint density at radius 3 is 2.27 bits per heavy atom. The second kappa shape index (κ2) is 12.1. The molecule has 0 spiro atoms. The fourth-order valence-corrected chi connectivity index (χ4v) is 0.302. The van der Waals surface area contributed by atoms with Gasteiger partial charge in [0.1, 0.15) is 6.61 Å². The molecule has 0 rings (SSSR count). The molecule has 0 fully saturated rings. The first-order valence-corrected chi connectivity index (χ1v) is 2.56. The number of carbonyl (C=O) groups is 1. The van der Waals surface area contributed by atoms with Crippen molar-refractivity contribution in [3.8, 4) is 0 Å². The van der Waals surface area contributed by atoms with Crippen LogP contribution in [0.25, 0.3) is 0 Å².